The van der Waals surface area contributed by atoms with Gasteiger partial charge in [0, 0.05) is 32.2 Å². The molecule has 0 bridgehead atoms. The van der Waals surface area contributed by atoms with Crippen LogP contribution in [0.1, 0.15) is 40.0 Å². The Hall–Kier alpha value is -0.610. The summed E-state index contributed by atoms with van der Waals surface area (Å²) in [7, 11) is 0. The third-order valence-electron chi connectivity index (χ3n) is 2.50. The van der Waals surface area contributed by atoms with Crippen LogP contribution in [-0.4, -0.2) is 48.3 Å². The summed E-state index contributed by atoms with van der Waals surface area (Å²) in [6.45, 7) is 9.67. The van der Waals surface area contributed by atoms with Gasteiger partial charge in [0.25, 0.3) is 0 Å². The first kappa shape index (κ1) is 15.4. The highest BCUT2D eigenvalue weighted by molar-refractivity contribution is 5.66. The van der Waals surface area contributed by atoms with E-state index in [2.05, 4.69) is 18.7 Å². The molecule has 0 fully saturated rings. The van der Waals surface area contributed by atoms with Crippen LogP contribution in [0, 0.1) is 0 Å². The molecule has 0 spiro atoms. The zero-order valence-corrected chi connectivity index (χ0v) is 10.7. The van der Waals surface area contributed by atoms with Crippen molar-refractivity contribution >= 4 is 5.97 Å². The van der Waals surface area contributed by atoms with E-state index in [1.165, 1.54) is 0 Å². The molecule has 0 saturated heterocycles. The van der Waals surface area contributed by atoms with Gasteiger partial charge in [-0.25, -0.2) is 0 Å². The molecule has 0 heterocycles. The van der Waals surface area contributed by atoms with E-state index in [1.54, 1.807) is 0 Å². The fraction of sp³-hybridized carbons (Fsp3) is 0.917. The number of nitrogens with zero attached hydrogens (tertiary/aromatic N) is 1. The topological polar surface area (TPSA) is 49.8 Å². The van der Waals surface area contributed by atoms with Gasteiger partial charge in [-0.3, -0.25) is 4.79 Å². The second kappa shape index (κ2) is 9.60. The number of ether oxygens (including phenoxy) is 1. The molecule has 1 N–H and O–H groups in total. The van der Waals surface area contributed by atoms with Gasteiger partial charge < -0.3 is 14.7 Å². The van der Waals surface area contributed by atoms with Crippen molar-refractivity contribution in [2.75, 3.05) is 26.3 Å². The number of carboxylic acid groups (broad SMARTS) is 1. The van der Waals surface area contributed by atoms with Gasteiger partial charge in [-0.05, 0) is 40.2 Å². The Kier molecular flexibility index (Phi) is 9.24. The van der Waals surface area contributed by atoms with Crippen molar-refractivity contribution in [3.05, 3.63) is 0 Å². The molecule has 0 aliphatic heterocycles. The highest BCUT2D eigenvalue weighted by Crippen LogP contribution is 2.03. The molecule has 0 rings (SSSR count). The minimum Gasteiger partial charge on any atom is -0.481 e. The lowest BCUT2D eigenvalue weighted by atomic mass is 10.2. The van der Waals surface area contributed by atoms with Crippen LogP contribution in [-0.2, 0) is 9.53 Å². The van der Waals surface area contributed by atoms with Gasteiger partial charge in [0.15, 0.2) is 0 Å². The fourth-order valence-electron chi connectivity index (χ4n) is 1.58. The van der Waals surface area contributed by atoms with Gasteiger partial charge in [-0.2, -0.15) is 0 Å². The molecule has 0 radical (unpaired) electrons. The Bertz CT molecular complexity index is 183. The molecule has 96 valence electrons. The van der Waals surface area contributed by atoms with E-state index in [1.807, 2.05) is 6.92 Å². The molecule has 0 atom stereocenters. The van der Waals surface area contributed by atoms with Crippen LogP contribution in [0.25, 0.3) is 0 Å². The molecule has 4 heteroatoms. The molecular formula is C12H25NO3. The third-order valence-corrected chi connectivity index (χ3v) is 2.50. The van der Waals surface area contributed by atoms with Gasteiger partial charge in [0.1, 0.15) is 0 Å². The third kappa shape index (κ3) is 8.68. The van der Waals surface area contributed by atoms with Crippen molar-refractivity contribution in [2.45, 2.75) is 46.1 Å². The van der Waals surface area contributed by atoms with Gasteiger partial charge in [-0.1, -0.05) is 0 Å². The summed E-state index contributed by atoms with van der Waals surface area (Å²) in [4.78, 5) is 12.7. The van der Waals surface area contributed by atoms with E-state index in [0.29, 0.717) is 6.04 Å². The molecule has 0 saturated carbocycles. The van der Waals surface area contributed by atoms with E-state index in [4.69, 9.17) is 9.84 Å². The SMILES string of the molecule is CCOCCCN(CCCC(=O)O)C(C)C. The Morgan fingerprint density at radius 2 is 1.94 bits per heavy atom. The van der Waals surface area contributed by atoms with Gasteiger partial charge in [0.2, 0.25) is 0 Å². The van der Waals surface area contributed by atoms with Crippen LogP contribution in [0.2, 0.25) is 0 Å². The van der Waals surface area contributed by atoms with E-state index in [-0.39, 0.29) is 6.42 Å². The average Bonchev–Trinajstić information content (AvgIpc) is 2.20. The predicted molar refractivity (Wildman–Crippen MR) is 64.7 cm³/mol. The van der Waals surface area contributed by atoms with Crippen molar-refractivity contribution in [3.63, 3.8) is 0 Å². The number of aliphatic carboxylic acids is 1. The van der Waals surface area contributed by atoms with Crippen molar-refractivity contribution < 1.29 is 14.6 Å². The Labute approximate surface area is 98.6 Å². The smallest absolute Gasteiger partial charge is 0.303 e. The second-order valence-electron chi connectivity index (χ2n) is 4.18. The number of rotatable bonds is 10. The summed E-state index contributed by atoms with van der Waals surface area (Å²) >= 11 is 0. The first-order valence-electron chi connectivity index (χ1n) is 6.11. The first-order chi connectivity index (χ1) is 7.57. The Morgan fingerprint density at radius 3 is 2.44 bits per heavy atom. The minimum absolute atomic E-state index is 0.259. The summed E-state index contributed by atoms with van der Waals surface area (Å²) in [5.41, 5.74) is 0. The van der Waals surface area contributed by atoms with Crippen LogP contribution < -0.4 is 0 Å². The summed E-state index contributed by atoms with van der Waals surface area (Å²) in [6.07, 6.45) is 2.00. The standard InChI is InChI=1S/C12H25NO3/c1-4-16-10-6-9-13(11(2)3)8-5-7-12(14)15/h11H,4-10H2,1-3H3,(H,14,15). The highest BCUT2D eigenvalue weighted by atomic mass is 16.5. The number of hydrogen-bond donors (Lipinski definition) is 1. The number of hydrogen-bond acceptors (Lipinski definition) is 3. The second-order valence-corrected chi connectivity index (χ2v) is 4.18. The van der Waals surface area contributed by atoms with Gasteiger partial charge in [0.05, 0.1) is 0 Å². The summed E-state index contributed by atoms with van der Waals surface area (Å²) in [6, 6.07) is 0.468. The number of carboxylic acids is 1. The lowest BCUT2D eigenvalue weighted by Crippen LogP contribution is -2.33. The van der Waals surface area contributed by atoms with Crippen molar-refractivity contribution in [3.8, 4) is 0 Å². The largest absolute Gasteiger partial charge is 0.481 e. The maximum absolute atomic E-state index is 10.4. The highest BCUT2D eigenvalue weighted by Gasteiger charge is 2.09. The van der Waals surface area contributed by atoms with Crippen LogP contribution in [0.3, 0.4) is 0 Å². The van der Waals surface area contributed by atoms with E-state index in [0.717, 1.165) is 39.1 Å². The van der Waals surface area contributed by atoms with Crippen LogP contribution in [0.4, 0.5) is 0 Å². The Balaban J connectivity index is 3.66. The minimum atomic E-state index is -0.710. The molecule has 0 aliphatic carbocycles. The summed E-state index contributed by atoms with van der Waals surface area (Å²) in [5, 5.41) is 8.57. The van der Waals surface area contributed by atoms with Crippen LogP contribution in [0.15, 0.2) is 0 Å². The maximum atomic E-state index is 10.4. The molecule has 0 unspecified atom stereocenters. The lowest BCUT2D eigenvalue weighted by molar-refractivity contribution is -0.137. The Morgan fingerprint density at radius 1 is 1.31 bits per heavy atom. The molecule has 0 aromatic heterocycles. The molecule has 0 amide bonds. The first-order valence-corrected chi connectivity index (χ1v) is 6.11. The van der Waals surface area contributed by atoms with E-state index in [9.17, 15) is 4.79 Å². The summed E-state index contributed by atoms with van der Waals surface area (Å²) in [5.74, 6) is -0.710. The van der Waals surface area contributed by atoms with Gasteiger partial charge >= 0.3 is 5.97 Å². The zero-order chi connectivity index (χ0) is 12.4. The zero-order valence-electron chi connectivity index (χ0n) is 10.7. The predicted octanol–water partition coefficient (Wildman–Crippen LogP) is 1.99. The van der Waals surface area contributed by atoms with Crippen LogP contribution >= 0.6 is 0 Å². The van der Waals surface area contributed by atoms with Crippen LogP contribution in [0.5, 0.6) is 0 Å². The lowest BCUT2D eigenvalue weighted by Gasteiger charge is -2.26. The average molecular weight is 231 g/mol. The van der Waals surface area contributed by atoms with Crippen molar-refractivity contribution in [2.24, 2.45) is 0 Å². The molecule has 4 nitrogen and oxygen atoms in total. The molecule has 0 aromatic carbocycles. The number of carbonyl (C=O) groups is 1. The van der Waals surface area contributed by atoms with Crippen molar-refractivity contribution in [1.82, 2.24) is 4.90 Å². The molecule has 16 heavy (non-hydrogen) atoms. The quantitative estimate of drug-likeness (QED) is 0.584. The molecule has 0 aliphatic rings. The van der Waals surface area contributed by atoms with Gasteiger partial charge in [-0.15, -0.1) is 0 Å². The monoisotopic (exact) mass is 231 g/mol. The molecule has 0 aromatic rings. The normalized spacial score (nSPS) is 11.3. The van der Waals surface area contributed by atoms with E-state index >= 15 is 0 Å². The van der Waals surface area contributed by atoms with E-state index < -0.39 is 5.97 Å². The van der Waals surface area contributed by atoms with Crippen molar-refractivity contribution in [1.29, 1.82) is 0 Å². The fourth-order valence-corrected chi connectivity index (χ4v) is 1.58. The maximum Gasteiger partial charge on any atom is 0.303 e. The summed E-state index contributed by atoms with van der Waals surface area (Å²) < 4.78 is 5.29. The molecular weight excluding hydrogens is 206 g/mol.